The molecule has 1 saturated heterocycles. The molecule has 2 aromatic rings. The van der Waals surface area contributed by atoms with E-state index in [1.165, 1.54) is 12.8 Å². The molecule has 3 rings (SSSR count). The van der Waals surface area contributed by atoms with Crippen LogP contribution in [0, 0.1) is 6.92 Å². The van der Waals surface area contributed by atoms with Gasteiger partial charge in [0.05, 0.1) is 6.61 Å². The SMILES string of the molecule is Cc1cc(N2CCCC2)ccc1NC(=O)c1ccc(COCC(F)(F)F)cc1. The number of nitrogens with one attached hydrogen (secondary N) is 1. The fraction of sp³-hybridized carbons (Fsp3) is 0.381. The Morgan fingerprint density at radius 1 is 1.11 bits per heavy atom. The molecule has 1 N–H and O–H groups in total. The van der Waals surface area contributed by atoms with Crippen LogP contribution in [-0.2, 0) is 11.3 Å². The van der Waals surface area contributed by atoms with Crippen molar-refractivity contribution in [3.8, 4) is 0 Å². The predicted octanol–water partition coefficient (Wildman–Crippen LogP) is 4.93. The fourth-order valence-electron chi connectivity index (χ4n) is 3.19. The van der Waals surface area contributed by atoms with E-state index in [0.717, 1.165) is 30.0 Å². The van der Waals surface area contributed by atoms with E-state index >= 15 is 0 Å². The maximum absolute atomic E-state index is 12.5. The smallest absolute Gasteiger partial charge is 0.372 e. The molecule has 0 spiro atoms. The number of benzene rings is 2. The largest absolute Gasteiger partial charge is 0.411 e. The van der Waals surface area contributed by atoms with Gasteiger partial charge in [0.25, 0.3) is 5.91 Å². The van der Waals surface area contributed by atoms with Gasteiger partial charge in [0, 0.05) is 30.0 Å². The number of aryl methyl sites for hydroxylation is 1. The molecule has 0 saturated carbocycles. The summed E-state index contributed by atoms with van der Waals surface area (Å²) in [5.41, 5.74) is 3.89. The van der Waals surface area contributed by atoms with E-state index in [0.29, 0.717) is 11.1 Å². The maximum atomic E-state index is 12.5. The van der Waals surface area contributed by atoms with Crippen LogP contribution in [0.4, 0.5) is 24.5 Å². The Labute approximate surface area is 162 Å². The van der Waals surface area contributed by atoms with Crippen LogP contribution >= 0.6 is 0 Å². The highest BCUT2D eigenvalue weighted by Crippen LogP contribution is 2.26. The summed E-state index contributed by atoms with van der Waals surface area (Å²) in [6, 6.07) is 12.3. The van der Waals surface area contributed by atoms with Gasteiger partial charge in [0.15, 0.2) is 0 Å². The fourth-order valence-corrected chi connectivity index (χ4v) is 3.19. The van der Waals surface area contributed by atoms with E-state index in [9.17, 15) is 18.0 Å². The molecule has 1 fully saturated rings. The highest BCUT2D eigenvalue weighted by molar-refractivity contribution is 6.04. The number of hydrogen-bond acceptors (Lipinski definition) is 3. The van der Waals surface area contributed by atoms with E-state index in [1.54, 1.807) is 24.3 Å². The minimum atomic E-state index is -4.35. The molecule has 0 radical (unpaired) electrons. The molecule has 0 aliphatic carbocycles. The molecule has 1 amide bonds. The van der Waals surface area contributed by atoms with Crippen molar-refractivity contribution >= 4 is 17.3 Å². The zero-order chi connectivity index (χ0) is 20.1. The molecule has 0 bridgehead atoms. The number of amides is 1. The Morgan fingerprint density at radius 3 is 2.39 bits per heavy atom. The van der Waals surface area contributed by atoms with Crippen LogP contribution in [0.5, 0.6) is 0 Å². The van der Waals surface area contributed by atoms with Crippen molar-refractivity contribution in [2.45, 2.75) is 32.5 Å². The van der Waals surface area contributed by atoms with Crippen molar-refractivity contribution in [1.82, 2.24) is 0 Å². The van der Waals surface area contributed by atoms with Gasteiger partial charge in [-0.25, -0.2) is 0 Å². The van der Waals surface area contributed by atoms with Gasteiger partial charge >= 0.3 is 6.18 Å². The Morgan fingerprint density at radius 2 is 1.79 bits per heavy atom. The lowest BCUT2D eigenvalue weighted by atomic mass is 10.1. The van der Waals surface area contributed by atoms with Crippen LogP contribution < -0.4 is 10.2 Å². The Balaban J connectivity index is 1.58. The number of ether oxygens (including phenoxy) is 1. The number of alkyl halides is 3. The molecule has 0 atom stereocenters. The minimum absolute atomic E-state index is 0.154. The van der Waals surface area contributed by atoms with Crippen LogP contribution in [0.2, 0.25) is 0 Å². The van der Waals surface area contributed by atoms with Crippen LogP contribution in [0.25, 0.3) is 0 Å². The first-order valence-corrected chi connectivity index (χ1v) is 9.22. The number of rotatable bonds is 6. The van der Waals surface area contributed by atoms with E-state index in [2.05, 4.69) is 21.0 Å². The average Bonchev–Trinajstić information content (AvgIpc) is 3.17. The lowest BCUT2D eigenvalue weighted by Gasteiger charge is -2.19. The maximum Gasteiger partial charge on any atom is 0.411 e. The zero-order valence-corrected chi connectivity index (χ0v) is 15.7. The molecule has 1 heterocycles. The van der Waals surface area contributed by atoms with Gasteiger partial charge in [-0.3, -0.25) is 4.79 Å². The third-order valence-electron chi connectivity index (χ3n) is 4.68. The van der Waals surface area contributed by atoms with E-state index in [1.807, 2.05) is 19.1 Å². The molecule has 2 aromatic carbocycles. The zero-order valence-electron chi connectivity index (χ0n) is 15.7. The summed E-state index contributed by atoms with van der Waals surface area (Å²) in [6.07, 6.45) is -1.94. The first-order valence-electron chi connectivity index (χ1n) is 9.22. The number of carbonyl (C=O) groups is 1. The summed E-state index contributed by atoms with van der Waals surface area (Å²) in [6.45, 7) is 2.63. The molecular formula is C21H23F3N2O2. The van der Waals surface area contributed by atoms with Crippen molar-refractivity contribution in [2.75, 3.05) is 29.9 Å². The van der Waals surface area contributed by atoms with Crippen molar-refractivity contribution in [3.05, 3.63) is 59.2 Å². The molecule has 4 nitrogen and oxygen atoms in total. The number of carbonyl (C=O) groups excluding carboxylic acids is 1. The van der Waals surface area contributed by atoms with Gasteiger partial charge in [0.1, 0.15) is 6.61 Å². The monoisotopic (exact) mass is 392 g/mol. The number of nitrogens with zero attached hydrogens (tertiary/aromatic N) is 1. The summed E-state index contributed by atoms with van der Waals surface area (Å²) in [5.74, 6) is -0.264. The van der Waals surface area contributed by atoms with Crippen LogP contribution in [-0.4, -0.2) is 31.8 Å². The summed E-state index contributed by atoms with van der Waals surface area (Å²) >= 11 is 0. The lowest BCUT2D eigenvalue weighted by Crippen LogP contribution is -2.18. The minimum Gasteiger partial charge on any atom is -0.372 e. The normalized spacial score (nSPS) is 14.4. The second-order valence-electron chi connectivity index (χ2n) is 6.95. The van der Waals surface area contributed by atoms with Crippen molar-refractivity contribution in [1.29, 1.82) is 0 Å². The second-order valence-corrected chi connectivity index (χ2v) is 6.95. The molecule has 0 aromatic heterocycles. The lowest BCUT2D eigenvalue weighted by molar-refractivity contribution is -0.176. The third-order valence-corrected chi connectivity index (χ3v) is 4.68. The first kappa shape index (κ1) is 20.2. The van der Waals surface area contributed by atoms with Crippen molar-refractivity contribution in [2.24, 2.45) is 0 Å². The second kappa shape index (κ2) is 8.65. The molecule has 150 valence electrons. The van der Waals surface area contributed by atoms with Crippen molar-refractivity contribution in [3.63, 3.8) is 0 Å². The van der Waals surface area contributed by atoms with Crippen LogP contribution in [0.3, 0.4) is 0 Å². The van der Waals surface area contributed by atoms with Crippen LogP contribution in [0.1, 0.15) is 34.3 Å². The summed E-state index contributed by atoms with van der Waals surface area (Å²) in [4.78, 5) is 14.8. The summed E-state index contributed by atoms with van der Waals surface area (Å²) in [7, 11) is 0. The van der Waals surface area contributed by atoms with Gasteiger partial charge in [-0.2, -0.15) is 13.2 Å². The van der Waals surface area contributed by atoms with Gasteiger partial charge in [-0.15, -0.1) is 0 Å². The Bertz CT molecular complexity index is 813. The predicted molar refractivity (Wildman–Crippen MR) is 103 cm³/mol. The highest BCUT2D eigenvalue weighted by atomic mass is 19.4. The standard InChI is InChI=1S/C21H23F3N2O2/c1-15-12-18(26-10-2-3-11-26)8-9-19(15)25-20(27)17-6-4-16(5-7-17)13-28-14-21(22,23)24/h4-9,12H,2-3,10-11,13-14H2,1H3,(H,25,27). The van der Waals surface area contributed by atoms with Gasteiger partial charge in [-0.1, -0.05) is 12.1 Å². The number of halogens is 3. The van der Waals surface area contributed by atoms with Gasteiger partial charge in [0.2, 0.25) is 0 Å². The molecule has 1 aliphatic rings. The van der Waals surface area contributed by atoms with E-state index < -0.39 is 12.8 Å². The Hall–Kier alpha value is -2.54. The Kier molecular flexibility index (Phi) is 6.24. The average molecular weight is 392 g/mol. The molecule has 28 heavy (non-hydrogen) atoms. The highest BCUT2D eigenvalue weighted by Gasteiger charge is 2.27. The topological polar surface area (TPSA) is 41.6 Å². The van der Waals surface area contributed by atoms with Crippen molar-refractivity contribution < 1.29 is 22.7 Å². The molecule has 0 unspecified atom stereocenters. The first-order chi connectivity index (χ1) is 13.3. The molecule has 1 aliphatic heterocycles. The summed E-state index contributed by atoms with van der Waals surface area (Å²) in [5, 5.41) is 2.89. The van der Waals surface area contributed by atoms with Gasteiger partial charge < -0.3 is 15.0 Å². The number of anilines is 2. The summed E-state index contributed by atoms with van der Waals surface area (Å²) < 4.78 is 40.9. The number of hydrogen-bond donors (Lipinski definition) is 1. The van der Waals surface area contributed by atoms with Gasteiger partial charge in [-0.05, 0) is 61.2 Å². The quantitative estimate of drug-likeness (QED) is 0.758. The van der Waals surface area contributed by atoms with E-state index in [-0.39, 0.29) is 12.5 Å². The molecule has 7 heteroatoms. The van der Waals surface area contributed by atoms with E-state index in [4.69, 9.17) is 0 Å². The molecular weight excluding hydrogens is 369 g/mol. The van der Waals surface area contributed by atoms with Crippen LogP contribution in [0.15, 0.2) is 42.5 Å². The third kappa shape index (κ3) is 5.48.